The minimum absolute atomic E-state index is 0.0000749. The van der Waals surface area contributed by atoms with Crippen LogP contribution >= 0.6 is 0 Å². The summed E-state index contributed by atoms with van der Waals surface area (Å²) in [6, 6.07) is 7.58. The maximum Gasteiger partial charge on any atom is 0.253 e. The first-order valence-corrected chi connectivity index (χ1v) is 6.75. The SMILES string of the molecule is Cc1cc(-c2nc3cc(CO)ccc3n2C)cn(C)c1=O. The molecule has 1 N–H and O–H groups in total. The normalized spacial score (nSPS) is 11.2. The van der Waals surface area contributed by atoms with Crippen molar-refractivity contribution in [1.29, 1.82) is 0 Å². The van der Waals surface area contributed by atoms with Gasteiger partial charge < -0.3 is 14.2 Å². The van der Waals surface area contributed by atoms with Gasteiger partial charge in [-0.25, -0.2) is 4.98 Å². The van der Waals surface area contributed by atoms with Gasteiger partial charge in [-0.2, -0.15) is 0 Å². The molecule has 0 saturated heterocycles. The molecule has 3 aromatic rings. The van der Waals surface area contributed by atoms with Gasteiger partial charge in [0.05, 0.1) is 17.6 Å². The van der Waals surface area contributed by atoms with E-state index < -0.39 is 0 Å². The molecule has 108 valence electrons. The number of hydrogen-bond acceptors (Lipinski definition) is 3. The average Bonchev–Trinajstić information content (AvgIpc) is 2.80. The summed E-state index contributed by atoms with van der Waals surface area (Å²) < 4.78 is 3.57. The third kappa shape index (κ3) is 2.15. The van der Waals surface area contributed by atoms with Crippen LogP contribution in [0.3, 0.4) is 0 Å². The van der Waals surface area contributed by atoms with Gasteiger partial charge in [0.2, 0.25) is 0 Å². The van der Waals surface area contributed by atoms with Gasteiger partial charge in [-0.05, 0) is 30.7 Å². The van der Waals surface area contributed by atoms with Crippen molar-refractivity contribution in [3.8, 4) is 11.4 Å². The van der Waals surface area contributed by atoms with Crippen molar-refractivity contribution in [2.24, 2.45) is 14.1 Å². The smallest absolute Gasteiger partial charge is 0.253 e. The molecule has 5 heteroatoms. The Morgan fingerprint density at radius 3 is 2.67 bits per heavy atom. The van der Waals surface area contributed by atoms with Crippen molar-refractivity contribution in [3.63, 3.8) is 0 Å². The molecule has 0 radical (unpaired) electrons. The Labute approximate surface area is 122 Å². The highest BCUT2D eigenvalue weighted by Gasteiger charge is 2.12. The quantitative estimate of drug-likeness (QED) is 0.779. The average molecular weight is 283 g/mol. The predicted octanol–water partition coefficient (Wildman–Crippen LogP) is 1.74. The number of pyridine rings is 1. The van der Waals surface area contributed by atoms with Crippen LogP contribution in [0.2, 0.25) is 0 Å². The van der Waals surface area contributed by atoms with Crippen molar-refractivity contribution >= 4 is 11.0 Å². The highest BCUT2D eigenvalue weighted by molar-refractivity contribution is 5.81. The molecule has 2 aromatic heterocycles. The number of hydrogen-bond donors (Lipinski definition) is 1. The van der Waals surface area contributed by atoms with Gasteiger partial charge in [-0.3, -0.25) is 4.79 Å². The Hall–Kier alpha value is -2.40. The molecule has 0 amide bonds. The lowest BCUT2D eigenvalue weighted by atomic mass is 10.2. The molecule has 0 aliphatic carbocycles. The minimum atomic E-state index is 0.0000749. The lowest BCUT2D eigenvalue weighted by Crippen LogP contribution is -2.18. The monoisotopic (exact) mass is 283 g/mol. The largest absolute Gasteiger partial charge is 0.392 e. The molecule has 0 bridgehead atoms. The van der Waals surface area contributed by atoms with Crippen molar-refractivity contribution in [2.45, 2.75) is 13.5 Å². The van der Waals surface area contributed by atoms with Crippen LogP contribution in [-0.4, -0.2) is 19.2 Å². The zero-order chi connectivity index (χ0) is 15.1. The second-order valence-corrected chi connectivity index (χ2v) is 5.30. The van der Waals surface area contributed by atoms with E-state index in [1.165, 1.54) is 0 Å². The number of benzene rings is 1. The lowest BCUT2D eigenvalue weighted by Gasteiger charge is -2.06. The summed E-state index contributed by atoms with van der Waals surface area (Å²) >= 11 is 0. The number of aromatic nitrogens is 3. The predicted molar refractivity (Wildman–Crippen MR) is 82.1 cm³/mol. The Balaban J connectivity index is 2.25. The summed E-state index contributed by atoms with van der Waals surface area (Å²) in [5, 5.41) is 9.22. The van der Waals surface area contributed by atoms with Crippen molar-refractivity contribution in [3.05, 3.63) is 51.9 Å². The summed E-state index contributed by atoms with van der Waals surface area (Å²) in [5.41, 5.74) is 4.26. The van der Waals surface area contributed by atoms with E-state index in [1.54, 1.807) is 24.7 Å². The van der Waals surface area contributed by atoms with Crippen LogP contribution in [0.1, 0.15) is 11.1 Å². The third-order valence-corrected chi connectivity index (χ3v) is 3.75. The maximum absolute atomic E-state index is 11.8. The number of rotatable bonds is 2. The molecule has 1 aromatic carbocycles. The fraction of sp³-hybridized carbons (Fsp3) is 0.250. The van der Waals surface area contributed by atoms with Crippen LogP contribution in [0, 0.1) is 6.92 Å². The summed E-state index contributed by atoms with van der Waals surface area (Å²) in [6.07, 6.45) is 1.80. The molecule has 21 heavy (non-hydrogen) atoms. The molecule has 0 fully saturated rings. The second kappa shape index (κ2) is 4.86. The molecular weight excluding hydrogens is 266 g/mol. The van der Waals surface area contributed by atoms with Gasteiger partial charge in [-0.1, -0.05) is 6.07 Å². The van der Waals surface area contributed by atoms with E-state index in [9.17, 15) is 9.90 Å². The third-order valence-electron chi connectivity index (χ3n) is 3.75. The molecule has 3 rings (SSSR count). The summed E-state index contributed by atoms with van der Waals surface area (Å²) in [4.78, 5) is 16.4. The van der Waals surface area contributed by atoms with Crippen LogP contribution in [0.4, 0.5) is 0 Å². The second-order valence-electron chi connectivity index (χ2n) is 5.30. The zero-order valence-corrected chi connectivity index (χ0v) is 12.3. The highest BCUT2D eigenvalue weighted by atomic mass is 16.3. The molecule has 2 heterocycles. The van der Waals surface area contributed by atoms with Crippen LogP contribution in [0.15, 0.2) is 35.3 Å². The van der Waals surface area contributed by atoms with Gasteiger partial charge in [-0.15, -0.1) is 0 Å². The number of fused-ring (bicyclic) bond motifs is 1. The lowest BCUT2D eigenvalue weighted by molar-refractivity contribution is 0.282. The fourth-order valence-corrected chi connectivity index (χ4v) is 2.60. The fourth-order valence-electron chi connectivity index (χ4n) is 2.60. The number of aliphatic hydroxyl groups excluding tert-OH is 1. The number of nitrogens with zero attached hydrogens (tertiary/aromatic N) is 3. The summed E-state index contributed by atoms with van der Waals surface area (Å²) in [5.74, 6) is 0.804. The van der Waals surface area contributed by atoms with E-state index in [0.717, 1.165) is 28.0 Å². The maximum atomic E-state index is 11.8. The van der Waals surface area contributed by atoms with E-state index >= 15 is 0 Å². The van der Waals surface area contributed by atoms with E-state index in [1.807, 2.05) is 35.9 Å². The van der Waals surface area contributed by atoms with Crippen LogP contribution in [0.25, 0.3) is 22.4 Å². The highest BCUT2D eigenvalue weighted by Crippen LogP contribution is 2.24. The number of aryl methyl sites for hydroxylation is 3. The summed E-state index contributed by atoms with van der Waals surface area (Å²) in [7, 11) is 3.69. The van der Waals surface area contributed by atoms with Gasteiger partial charge in [0, 0.05) is 31.4 Å². The minimum Gasteiger partial charge on any atom is -0.392 e. The molecule has 0 aliphatic heterocycles. The Bertz CT molecular complexity index is 864. The van der Waals surface area contributed by atoms with Crippen LogP contribution in [0.5, 0.6) is 0 Å². The molecule has 0 unspecified atom stereocenters. The first-order chi connectivity index (χ1) is 10.0. The van der Waals surface area contributed by atoms with Crippen molar-refractivity contribution < 1.29 is 5.11 Å². The summed E-state index contributed by atoms with van der Waals surface area (Å²) in [6.45, 7) is 1.80. The van der Waals surface area contributed by atoms with E-state index in [-0.39, 0.29) is 12.2 Å². The van der Waals surface area contributed by atoms with Gasteiger partial charge in [0.15, 0.2) is 0 Å². The molecule has 5 nitrogen and oxygen atoms in total. The first-order valence-electron chi connectivity index (χ1n) is 6.75. The van der Waals surface area contributed by atoms with Gasteiger partial charge in [0.25, 0.3) is 5.56 Å². The number of imidazole rings is 1. The van der Waals surface area contributed by atoms with E-state index in [0.29, 0.717) is 5.56 Å². The van der Waals surface area contributed by atoms with Gasteiger partial charge >= 0.3 is 0 Å². The standard InChI is InChI=1S/C16H17N3O2/c1-10-6-12(8-18(2)16(10)21)15-17-13-7-11(9-20)4-5-14(13)19(15)3/h4-8,20H,9H2,1-3H3. The van der Waals surface area contributed by atoms with Gasteiger partial charge in [0.1, 0.15) is 5.82 Å². The molecular formula is C16H17N3O2. The van der Waals surface area contributed by atoms with E-state index in [4.69, 9.17) is 0 Å². The first kappa shape index (κ1) is 13.6. The van der Waals surface area contributed by atoms with Crippen molar-refractivity contribution in [1.82, 2.24) is 14.1 Å². The Morgan fingerprint density at radius 1 is 1.24 bits per heavy atom. The van der Waals surface area contributed by atoms with Crippen molar-refractivity contribution in [2.75, 3.05) is 0 Å². The number of aliphatic hydroxyl groups is 1. The van der Waals surface area contributed by atoms with E-state index in [2.05, 4.69) is 4.98 Å². The molecule has 0 spiro atoms. The topological polar surface area (TPSA) is 60.1 Å². The van der Waals surface area contributed by atoms with Crippen LogP contribution < -0.4 is 5.56 Å². The molecule has 0 saturated carbocycles. The molecule has 0 atom stereocenters. The zero-order valence-electron chi connectivity index (χ0n) is 12.3. The Kier molecular flexibility index (Phi) is 3.14. The molecule has 0 aliphatic rings. The van der Waals surface area contributed by atoms with Crippen LogP contribution in [-0.2, 0) is 20.7 Å². The Morgan fingerprint density at radius 2 is 2.00 bits per heavy atom.